The van der Waals surface area contributed by atoms with E-state index in [0.717, 1.165) is 0 Å². The third kappa shape index (κ3) is 4.25. The molecule has 146 valence electrons. The van der Waals surface area contributed by atoms with E-state index in [0.29, 0.717) is 27.1 Å². The Morgan fingerprint density at radius 2 is 1.93 bits per heavy atom. The molecule has 0 aliphatic carbocycles. The molecule has 0 saturated heterocycles. The van der Waals surface area contributed by atoms with Crippen molar-refractivity contribution >= 4 is 27.6 Å². The number of allylic oxidation sites excluding steroid dienone is 1. The molecule has 1 aliphatic heterocycles. The molecule has 0 saturated carbocycles. The minimum atomic E-state index is -0.542. The van der Waals surface area contributed by atoms with Crippen molar-refractivity contribution in [1.82, 2.24) is 4.90 Å². The number of halogens is 2. The summed E-state index contributed by atoms with van der Waals surface area (Å²) in [6, 6.07) is 8.89. The Morgan fingerprint density at radius 3 is 2.61 bits per heavy atom. The highest BCUT2D eigenvalue weighted by molar-refractivity contribution is 9.10. The molecular weight excluding hydrogens is 429 g/mol. The van der Waals surface area contributed by atoms with E-state index < -0.39 is 11.9 Å². The number of amides is 1. The Kier molecular flexibility index (Phi) is 6.14. The van der Waals surface area contributed by atoms with Gasteiger partial charge in [-0.25, -0.2) is 4.39 Å². The van der Waals surface area contributed by atoms with Gasteiger partial charge < -0.3 is 14.4 Å². The predicted molar refractivity (Wildman–Crippen MR) is 106 cm³/mol. The fraction of sp³-hybridized carbons (Fsp3) is 0.238. The highest BCUT2D eigenvalue weighted by Crippen LogP contribution is 2.35. The maximum atomic E-state index is 13.7. The summed E-state index contributed by atoms with van der Waals surface area (Å²) in [5.41, 5.74) is 1.29. The number of ether oxygens (including phenoxy) is 2. The van der Waals surface area contributed by atoms with Gasteiger partial charge in [-0.05, 0) is 41.5 Å². The number of benzene rings is 2. The topological polar surface area (TPSA) is 55.8 Å². The Morgan fingerprint density at radius 1 is 1.21 bits per heavy atom. The molecule has 7 heteroatoms. The lowest BCUT2D eigenvalue weighted by Crippen LogP contribution is -2.35. The molecule has 1 atom stereocenters. The summed E-state index contributed by atoms with van der Waals surface area (Å²) in [6.07, 6.45) is 3.03. The van der Waals surface area contributed by atoms with Gasteiger partial charge in [-0.2, -0.15) is 0 Å². The van der Waals surface area contributed by atoms with Crippen molar-refractivity contribution in [1.29, 1.82) is 0 Å². The van der Waals surface area contributed by atoms with Crippen LogP contribution in [0.2, 0.25) is 0 Å². The molecule has 1 amide bonds. The molecule has 1 heterocycles. The molecule has 0 fully saturated rings. The summed E-state index contributed by atoms with van der Waals surface area (Å²) in [5, 5.41) is 0. The van der Waals surface area contributed by atoms with Gasteiger partial charge in [0.25, 0.3) is 0 Å². The van der Waals surface area contributed by atoms with Gasteiger partial charge in [-0.3, -0.25) is 9.59 Å². The number of carbonyl (C=O) groups is 2. The molecule has 2 aromatic rings. The molecule has 3 rings (SSSR count). The third-order valence-electron chi connectivity index (χ3n) is 4.57. The highest BCUT2D eigenvalue weighted by Gasteiger charge is 2.29. The molecule has 0 bridgehead atoms. The van der Waals surface area contributed by atoms with Gasteiger partial charge >= 0.3 is 0 Å². The first-order valence-corrected chi connectivity index (χ1v) is 9.40. The summed E-state index contributed by atoms with van der Waals surface area (Å²) in [7, 11) is 3.06. The van der Waals surface area contributed by atoms with Crippen LogP contribution in [0.15, 0.2) is 53.1 Å². The minimum absolute atomic E-state index is 0.0747. The quantitative estimate of drug-likeness (QED) is 0.688. The van der Waals surface area contributed by atoms with Crippen molar-refractivity contribution in [2.75, 3.05) is 14.2 Å². The molecule has 5 nitrogen and oxygen atoms in total. The Balaban J connectivity index is 1.90. The summed E-state index contributed by atoms with van der Waals surface area (Å²) in [6.45, 7) is 0. The van der Waals surface area contributed by atoms with Crippen molar-refractivity contribution < 1.29 is 23.5 Å². The van der Waals surface area contributed by atoms with Crippen LogP contribution in [-0.2, 0) is 16.0 Å². The second kappa shape index (κ2) is 8.56. The molecule has 0 N–H and O–H groups in total. The molecule has 0 radical (unpaired) electrons. The summed E-state index contributed by atoms with van der Waals surface area (Å²) < 4.78 is 24.9. The molecule has 1 aliphatic rings. The first-order chi connectivity index (χ1) is 13.4. The summed E-state index contributed by atoms with van der Waals surface area (Å²) >= 11 is 3.45. The largest absolute Gasteiger partial charge is 0.493 e. The fourth-order valence-corrected chi connectivity index (χ4v) is 3.62. The Hall–Kier alpha value is -2.67. The lowest BCUT2D eigenvalue weighted by Gasteiger charge is -2.31. The number of hydrogen-bond donors (Lipinski definition) is 0. The number of carbonyl (C=O) groups excluding carboxylic acids is 2. The first-order valence-electron chi connectivity index (χ1n) is 8.61. The fourth-order valence-electron chi connectivity index (χ4n) is 3.16. The van der Waals surface area contributed by atoms with Crippen LogP contribution in [0, 0.1) is 5.82 Å². The van der Waals surface area contributed by atoms with Crippen LogP contribution in [0.3, 0.4) is 0 Å². The third-order valence-corrected chi connectivity index (χ3v) is 5.31. The van der Waals surface area contributed by atoms with Gasteiger partial charge in [0.05, 0.1) is 26.7 Å². The first kappa shape index (κ1) is 20.1. The van der Waals surface area contributed by atoms with Gasteiger partial charge in [-0.15, -0.1) is 0 Å². The standard InChI is InChI=1S/C21H19BrFNO4/c1-27-19-9-14(17(22)12-20(19)28-2)10-21(26)24-7-6-16(25)11-18(24)13-4-3-5-15(23)8-13/h3-9,12,18H,10-11H2,1-2H3/t18-/m0/s1. The van der Waals surface area contributed by atoms with E-state index in [4.69, 9.17) is 9.47 Å². The van der Waals surface area contributed by atoms with Crippen LogP contribution in [0.25, 0.3) is 0 Å². The van der Waals surface area contributed by atoms with Crippen molar-refractivity contribution in [3.8, 4) is 11.5 Å². The van der Waals surface area contributed by atoms with E-state index in [1.165, 1.54) is 43.5 Å². The van der Waals surface area contributed by atoms with Crippen LogP contribution < -0.4 is 9.47 Å². The second-order valence-electron chi connectivity index (χ2n) is 6.33. The van der Waals surface area contributed by atoms with E-state index in [-0.39, 0.29) is 24.5 Å². The average Bonchev–Trinajstić information content (AvgIpc) is 2.69. The highest BCUT2D eigenvalue weighted by atomic mass is 79.9. The number of nitrogens with zero attached hydrogens (tertiary/aromatic N) is 1. The van der Waals surface area contributed by atoms with Crippen molar-refractivity contribution in [2.45, 2.75) is 18.9 Å². The number of hydrogen-bond acceptors (Lipinski definition) is 4. The zero-order valence-electron chi connectivity index (χ0n) is 15.4. The summed E-state index contributed by atoms with van der Waals surface area (Å²) in [4.78, 5) is 26.4. The van der Waals surface area contributed by atoms with Crippen LogP contribution in [0.1, 0.15) is 23.6 Å². The Bertz CT molecular complexity index is 944. The van der Waals surface area contributed by atoms with Gasteiger partial charge in [-0.1, -0.05) is 28.1 Å². The lowest BCUT2D eigenvalue weighted by atomic mass is 9.96. The second-order valence-corrected chi connectivity index (χ2v) is 7.19. The summed E-state index contributed by atoms with van der Waals surface area (Å²) in [5.74, 6) is 0.331. The van der Waals surface area contributed by atoms with Crippen LogP contribution in [0.5, 0.6) is 11.5 Å². The molecule has 0 unspecified atom stereocenters. The van der Waals surface area contributed by atoms with E-state index in [9.17, 15) is 14.0 Å². The van der Waals surface area contributed by atoms with Gasteiger partial charge in [0.1, 0.15) is 5.82 Å². The van der Waals surface area contributed by atoms with Crippen LogP contribution in [-0.4, -0.2) is 30.8 Å². The SMILES string of the molecule is COc1cc(Br)c(CC(=O)N2C=CC(=O)C[C@H]2c2cccc(F)c2)cc1OC. The zero-order valence-corrected chi connectivity index (χ0v) is 17.0. The zero-order chi connectivity index (χ0) is 20.3. The molecule has 0 aromatic heterocycles. The average molecular weight is 448 g/mol. The van der Waals surface area contributed by atoms with E-state index in [1.807, 2.05) is 0 Å². The monoisotopic (exact) mass is 447 g/mol. The minimum Gasteiger partial charge on any atom is -0.493 e. The van der Waals surface area contributed by atoms with Gasteiger partial charge in [0.15, 0.2) is 17.3 Å². The number of ketones is 1. The number of methoxy groups -OCH3 is 2. The van der Waals surface area contributed by atoms with Gasteiger partial charge in [0, 0.05) is 17.1 Å². The van der Waals surface area contributed by atoms with E-state index in [1.54, 1.807) is 24.3 Å². The maximum absolute atomic E-state index is 13.7. The maximum Gasteiger partial charge on any atom is 0.231 e. The molecule has 0 spiro atoms. The number of rotatable bonds is 5. The van der Waals surface area contributed by atoms with Crippen LogP contribution >= 0.6 is 15.9 Å². The smallest absolute Gasteiger partial charge is 0.231 e. The molecule has 2 aromatic carbocycles. The van der Waals surface area contributed by atoms with Crippen molar-refractivity contribution in [3.05, 3.63) is 70.1 Å². The molecule has 28 heavy (non-hydrogen) atoms. The lowest BCUT2D eigenvalue weighted by molar-refractivity contribution is -0.131. The Labute approximate surface area is 170 Å². The molecular formula is C21H19BrFNO4. The van der Waals surface area contributed by atoms with E-state index in [2.05, 4.69) is 15.9 Å². The normalized spacial score (nSPS) is 16.2. The van der Waals surface area contributed by atoms with Gasteiger partial charge in [0.2, 0.25) is 5.91 Å². The predicted octanol–water partition coefficient (Wildman–Crippen LogP) is 4.20. The van der Waals surface area contributed by atoms with Crippen molar-refractivity contribution in [2.24, 2.45) is 0 Å². The van der Waals surface area contributed by atoms with Crippen molar-refractivity contribution in [3.63, 3.8) is 0 Å². The van der Waals surface area contributed by atoms with Crippen LogP contribution in [0.4, 0.5) is 4.39 Å². The van der Waals surface area contributed by atoms with E-state index >= 15 is 0 Å².